The fourth-order valence-corrected chi connectivity index (χ4v) is 8.66. The second-order valence-electron chi connectivity index (χ2n) is 6.88. The van der Waals surface area contributed by atoms with E-state index >= 15 is 0 Å². The summed E-state index contributed by atoms with van der Waals surface area (Å²) in [6.07, 6.45) is 0. The van der Waals surface area contributed by atoms with Crippen LogP contribution in [0.1, 0.15) is 5.56 Å². The van der Waals surface area contributed by atoms with Gasteiger partial charge in [0.2, 0.25) is 0 Å². The predicted molar refractivity (Wildman–Crippen MR) is 91.3 cm³/mol. The molecule has 0 saturated carbocycles. The maximum Gasteiger partial charge on any atom is 0.413 e. The second-order valence-corrected chi connectivity index (χ2v) is 18.0. The van der Waals surface area contributed by atoms with Gasteiger partial charge in [0.1, 0.15) is 0 Å². The lowest BCUT2D eigenvalue weighted by molar-refractivity contribution is 0.390. The molecule has 0 atom stereocenters. The molecule has 1 aromatic carbocycles. The molecule has 0 aliphatic rings. The number of anilines is 1. The van der Waals surface area contributed by atoms with Crippen LogP contribution in [0, 0.1) is 6.92 Å². The first kappa shape index (κ1) is 17.7. The van der Waals surface area contributed by atoms with Gasteiger partial charge in [0, 0.05) is 5.69 Å². The number of aryl methyl sites for hydroxylation is 1. The van der Waals surface area contributed by atoms with Crippen molar-refractivity contribution >= 4 is 30.1 Å². The highest BCUT2D eigenvalue weighted by Gasteiger charge is 2.36. The monoisotopic (exact) mass is 331 g/mol. The molecule has 0 saturated heterocycles. The summed E-state index contributed by atoms with van der Waals surface area (Å²) < 4.78 is 24.7. The van der Waals surface area contributed by atoms with E-state index in [-0.39, 0.29) is 0 Å². The Balaban J connectivity index is 2.98. The van der Waals surface area contributed by atoms with Crippen LogP contribution < -0.4 is 5.09 Å². The molecular formula is C13H26NO3PSi2. The summed E-state index contributed by atoms with van der Waals surface area (Å²) in [5.74, 6) is 0. The lowest BCUT2D eigenvalue weighted by Gasteiger charge is -2.31. The van der Waals surface area contributed by atoms with Crippen LogP contribution in [0.2, 0.25) is 39.3 Å². The molecule has 0 fully saturated rings. The van der Waals surface area contributed by atoms with Crippen LogP contribution in [0.15, 0.2) is 24.3 Å². The van der Waals surface area contributed by atoms with Crippen molar-refractivity contribution in [1.82, 2.24) is 0 Å². The van der Waals surface area contributed by atoms with Gasteiger partial charge in [0.05, 0.1) is 0 Å². The molecule has 1 rings (SSSR count). The van der Waals surface area contributed by atoms with Crippen molar-refractivity contribution in [2.45, 2.75) is 46.2 Å². The number of hydrogen-bond acceptors (Lipinski definition) is 3. The largest absolute Gasteiger partial charge is 0.413 e. The van der Waals surface area contributed by atoms with E-state index in [1.807, 2.05) is 70.5 Å². The normalized spacial score (nSPS) is 13.3. The van der Waals surface area contributed by atoms with Crippen molar-refractivity contribution in [2.24, 2.45) is 0 Å². The predicted octanol–water partition coefficient (Wildman–Crippen LogP) is 5.22. The molecule has 4 nitrogen and oxygen atoms in total. The topological polar surface area (TPSA) is 47.6 Å². The maximum absolute atomic E-state index is 13.0. The van der Waals surface area contributed by atoms with E-state index in [4.69, 9.17) is 8.43 Å². The molecule has 1 N–H and O–H groups in total. The molecule has 0 bridgehead atoms. The van der Waals surface area contributed by atoms with Gasteiger partial charge in [-0.05, 0) is 58.3 Å². The minimum atomic E-state index is -3.33. The average Bonchev–Trinajstić information content (AvgIpc) is 2.15. The summed E-state index contributed by atoms with van der Waals surface area (Å²) >= 11 is 0. The summed E-state index contributed by atoms with van der Waals surface area (Å²) in [6.45, 7) is 14.0. The first-order valence-corrected chi connectivity index (χ1v) is 15.1. The van der Waals surface area contributed by atoms with Crippen LogP contribution in [-0.4, -0.2) is 16.6 Å². The zero-order chi connectivity index (χ0) is 15.6. The Labute approximate surface area is 124 Å². The smallest absolute Gasteiger partial charge is 0.336 e. The van der Waals surface area contributed by atoms with Gasteiger partial charge in [-0.25, -0.2) is 4.57 Å². The third kappa shape index (κ3) is 6.86. The van der Waals surface area contributed by atoms with E-state index in [1.165, 1.54) is 0 Å². The van der Waals surface area contributed by atoms with Gasteiger partial charge in [-0.3, -0.25) is 5.09 Å². The van der Waals surface area contributed by atoms with Crippen LogP contribution >= 0.6 is 7.75 Å². The highest BCUT2D eigenvalue weighted by Crippen LogP contribution is 2.52. The Bertz CT molecular complexity index is 472. The molecule has 114 valence electrons. The lowest BCUT2D eigenvalue weighted by atomic mass is 10.2. The van der Waals surface area contributed by atoms with Crippen molar-refractivity contribution < 1.29 is 13.0 Å². The third-order valence-corrected chi connectivity index (χ3v) is 8.94. The zero-order valence-electron chi connectivity index (χ0n) is 13.5. The molecule has 0 unspecified atom stereocenters. The van der Waals surface area contributed by atoms with E-state index in [2.05, 4.69) is 5.09 Å². The fraction of sp³-hybridized carbons (Fsp3) is 0.538. The molecule has 1 aromatic rings. The molecule has 20 heavy (non-hydrogen) atoms. The van der Waals surface area contributed by atoms with Gasteiger partial charge >= 0.3 is 7.75 Å². The number of benzene rings is 1. The van der Waals surface area contributed by atoms with Crippen molar-refractivity contribution in [1.29, 1.82) is 0 Å². The van der Waals surface area contributed by atoms with Crippen molar-refractivity contribution in [3.63, 3.8) is 0 Å². The van der Waals surface area contributed by atoms with E-state index in [1.54, 1.807) is 0 Å². The standard InChI is InChI=1S/C13H26NO3PSi2/c1-12-8-10-13(11-9-12)14-18(15,16-19(2,3)4)17-20(5,6)7/h8-11H,1-7H3,(H,14,15). The quantitative estimate of drug-likeness (QED) is 0.573. The van der Waals surface area contributed by atoms with Gasteiger partial charge in [-0.15, -0.1) is 0 Å². The lowest BCUT2D eigenvalue weighted by Crippen LogP contribution is -2.31. The summed E-state index contributed by atoms with van der Waals surface area (Å²) in [4.78, 5) is 0. The van der Waals surface area contributed by atoms with E-state index in [0.717, 1.165) is 11.3 Å². The zero-order valence-corrected chi connectivity index (χ0v) is 16.4. The van der Waals surface area contributed by atoms with Crippen LogP contribution in [0.5, 0.6) is 0 Å². The van der Waals surface area contributed by atoms with Gasteiger partial charge in [0.25, 0.3) is 0 Å². The second kappa shape index (κ2) is 6.16. The summed E-state index contributed by atoms with van der Waals surface area (Å²) in [7, 11) is -7.30. The van der Waals surface area contributed by atoms with Crippen molar-refractivity contribution in [3.05, 3.63) is 29.8 Å². The highest BCUT2D eigenvalue weighted by molar-refractivity contribution is 7.58. The summed E-state index contributed by atoms with van der Waals surface area (Å²) in [5, 5.41) is 2.98. The molecule has 0 radical (unpaired) electrons. The first-order valence-electron chi connectivity index (χ1n) is 6.75. The minimum Gasteiger partial charge on any atom is -0.336 e. The Hall–Kier alpha value is -0.396. The summed E-state index contributed by atoms with van der Waals surface area (Å²) in [6, 6.07) is 7.72. The van der Waals surface area contributed by atoms with Crippen LogP contribution in [0.3, 0.4) is 0 Å². The van der Waals surface area contributed by atoms with Gasteiger partial charge in [-0.2, -0.15) is 0 Å². The Morgan fingerprint density at radius 3 is 1.65 bits per heavy atom. The summed E-state index contributed by atoms with van der Waals surface area (Å²) in [5.41, 5.74) is 1.91. The SMILES string of the molecule is Cc1ccc(NP(=O)(O[Si](C)(C)C)O[Si](C)(C)C)cc1. The average molecular weight is 332 g/mol. The van der Waals surface area contributed by atoms with Crippen LogP contribution in [-0.2, 0) is 13.0 Å². The number of nitrogens with one attached hydrogen (secondary N) is 1. The Morgan fingerprint density at radius 2 is 1.30 bits per heavy atom. The molecule has 7 heteroatoms. The van der Waals surface area contributed by atoms with E-state index in [0.29, 0.717) is 0 Å². The maximum atomic E-state index is 13.0. The molecule has 0 aromatic heterocycles. The van der Waals surface area contributed by atoms with Crippen molar-refractivity contribution in [2.75, 3.05) is 5.09 Å². The van der Waals surface area contributed by atoms with Crippen molar-refractivity contribution in [3.8, 4) is 0 Å². The highest BCUT2D eigenvalue weighted by atomic mass is 31.2. The molecule has 0 heterocycles. The number of rotatable bonds is 6. The Kier molecular flexibility index (Phi) is 5.43. The van der Waals surface area contributed by atoms with E-state index < -0.39 is 24.4 Å². The molecule has 0 aliphatic carbocycles. The van der Waals surface area contributed by atoms with E-state index in [9.17, 15) is 4.57 Å². The molecule has 0 aliphatic heterocycles. The molecule has 0 amide bonds. The van der Waals surface area contributed by atoms with Crippen LogP contribution in [0.25, 0.3) is 0 Å². The third-order valence-electron chi connectivity index (χ3n) is 2.11. The molecular weight excluding hydrogens is 305 g/mol. The first-order chi connectivity index (χ1) is 8.89. The molecule has 0 spiro atoms. The minimum absolute atomic E-state index is 0.760. The van der Waals surface area contributed by atoms with Gasteiger partial charge < -0.3 is 8.43 Å². The number of hydrogen-bond donors (Lipinski definition) is 1. The fourth-order valence-electron chi connectivity index (χ4n) is 1.57. The van der Waals surface area contributed by atoms with Gasteiger partial charge in [0.15, 0.2) is 16.6 Å². The Morgan fingerprint density at radius 1 is 0.900 bits per heavy atom. The van der Waals surface area contributed by atoms with Gasteiger partial charge in [-0.1, -0.05) is 17.7 Å². The van der Waals surface area contributed by atoms with Crippen LogP contribution in [0.4, 0.5) is 5.69 Å².